The summed E-state index contributed by atoms with van der Waals surface area (Å²) in [6.07, 6.45) is -0.171. The number of nitrogens with one attached hydrogen (secondary N) is 4. The third-order valence-corrected chi connectivity index (χ3v) is 4.64. The zero-order chi connectivity index (χ0) is 19.7. The van der Waals surface area contributed by atoms with E-state index in [-0.39, 0.29) is 18.4 Å². The van der Waals surface area contributed by atoms with E-state index in [1.54, 1.807) is 31.2 Å². The van der Waals surface area contributed by atoms with Gasteiger partial charge in [0.05, 0.1) is 34.7 Å². The quantitative estimate of drug-likeness (QED) is 0.555. The first-order valence-electron chi connectivity index (χ1n) is 8.96. The first-order chi connectivity index (χ1) is 13.5. The van der Waals surface area contributed by atoms with Gasteiger partial charge in [-0.1, -0.05) is 24.3 Å². The molecule has 2 heterocycles. The molecule has 2 atom stereocenters. The predicted octanol–water partition coefficient (Wildman–Crippen LogP) is 1.88. The number of imidazole rings is 1. The second-order valence-corrected chi connectivity index (χ2v) is 6.69. The van der Waals surface area contributed by atoms with Crippen molar-refractivity contribution in [3.05, 3.63) is 59.9 Å². The van der Waals surface area contributed by atoms with Gasteiger partial charge in [0, 0.05) is 0 Å². The molecule has 1 aliphatic heterocycles. The van der Waals surface area contributed by atoms with Gasteiger partial charge in [-0.3, -0.25) is 14.4 Å². The van der Waals surface area contributed by atoms with Crippen molar-refractivity contribution in [1.29, 1.82) is 0 Å². The van der Waals surface area contributed by atoms with Crippen molar-refractivity contribution in [2.75, 3.05) is 5.32 Å². The first kappa shape index (κ1) is 17.7. The van der Waals surface area contributed by atoms with Crippen LogP contribution in [0.3, 0.4) is 0 Å². The highest BCUT2D eigenvalue weighted by Crippen LogP contribution is 2.19. The second-order valence-electron chi connectivity index (χ2n) is 6.69. The van der Waals surface area contributed by atoms with E-state index in [4.69, 9.17) is 0 Å². The van der Waals surface area contributed by atoms with Crippen molar-refractivity contribution < 1.29 is 14.4 Å². The Bertz CT molecular complexity index is 1040. The fourth-order valence-electron chi connectivity index (χ4n) is 3.19. The highest BCUT2D eigenvalue weighted by molar-refractivity contribution is 6.10. The van der Waals surface area contributed by atoms with Crippen molar-refractivity contribution in [2.45, 2.75) is 25.4 Å². The largest absolute Gasteiger partial charge is 0.346 e. The average molecular weight is 377 g/mol. The number of para-hydroxylation sites is 3. The lowest BCUT2D eigenvalue weighted by Crippen LogP contribution is -2.44. The lowest BCUT2D eigenvalue weighted by Gasteiger charge is -2.16. The van der Waals surface area contributed by atoms with E-state index in [0.29, 0.717) is 17.1 Å². The van der Waals surface area contributed by atoms with Gasteiger partial charge in [0.2, 0.25) is 11.8 Å². The Labute approximate surface area is 160 Å². The Morgan fingerprint density at radius 2 is 1.89 bits per heavy atom. The molecule has 3 amide bonds. The molecular weight excluding hydrogens is 358 g/mol. The van der Waals surface area contributed by atoms with Gasteiger partial charge in [-0.25, -0.2) is 4.98 Å². The number of nitrogens with zero attached hydrogens (tertiary/aromatic N) is 1. The van der Waals surface area contributed by atoms with Crippen LogP contribution in [0.15, 0.2) is 48.5 Å². The van der Waals surface area contributed by atoms with E-state index >= 15 is 0 Å². The molecule has 0 bridgehead atoms. The Hall–Kier alpha value is -3.68. The molecular formula is C20H19N5O3. The number of benzene rings is 2. The van der Waals surface area contributed by atoms with E-state index in [0.717, 1.165) is 11.0 Å². The number of H-pyrrole nitrogens is 1. The van der Waals surface area contributed by atoms with E-state index in [1.807, 2.05) is 24.3 Å². The Balaban J connectivity index is 1.43. The zero-order valence-electron chi connectivity index (χ0n) is 15.2. The first-order valence-corrected chi connectivity index (χ1v) is 8.96. The summed E-state index contributed by atoms with van der Waals surface area (Å²) in [4.78, 5) is 44.8. The van der Waals surface area contributed by atoms with Crippen LogP contribution in [0.1, 0.15) is 35.6 Å². The van der Waals surface area contributed by atoms with Crippen LogP contribution in [0, 0.1) is 0 Å². The molecule has 142 valence electrons. The number of aromatic nitrogens is 2. The fraction of sp³-hybridized carbons (Fsp3) is 0.200. The molecule has 1 aromatic heterocycles. The van der Waals surface area contributed by atoms with Crippen LogP contribution < -0.4 is 16.0 Å². The third-order valence-electron chi connectivity index (χ3n) is 4.64. The molecule has 8 nitrogen and oxygen atoms in total. The van der Waals surface area contributed by atoms with Gasteiger partial charge in [0.15, 0.2) is 0 Å². The summed E-state index contributed by atoms with van der Waals surface area (Å²) in [5, 5.41) is 8.12. The molecule has 0 saturated carbocycles. The number of carbonyl (C=O) groups is 3. The van der Waals surface area contributed by atoms with Crippen molar-refractivity contribution in [3.8, 4) is 0 Å². The standard InChI is InChI=1S/C20H19N5O3/c1-11(18-22-14-8-4-5-9-15(14)23-18)21-17(26)10-16-20(28)24-13-7-3-2-6-12(13)19(27)25-16/h2-9,11,16H,10H2,1H3,(H,21,26)(H,22,23)(H,24,28)(H,25,27). The lowest BCUT2D eigenvalue weighted by molar-refractivity contribution is -0.126. The van der Waals surface area contributed by atoms with Gasteiger partial charge in [-0.05, 0) is 31.2 Å². The predicted molar refractivity (Wildman–Crippen MR) is 104 cm³/mol. The van der Waals surface area contributed by atoms with E-state index < -0.39 is 17.9 Å². The highest BCUT2D eigenvalue weighted by Gasteiger charge is 2.29. The molecule has 8 heteroatoms. The molecule has 0 aliphatic carbocycles. The van der Waals surface area contributed by atoms with Crippen LogP contribution in [-0.2, 0) is 9.59 Å². The van der Waals surface area contributed by atoms with Crippen molar-refractivity contribution in [2.24, 2.45) is 0 Å². The van der Waals surface area contributed by atoms with Crippen LogP contribution in [-0.4, -0.2) is 33.7 Å². The summed E-state index contributed by atoms with van der Waals surface area (Å²) < 4.78 is 0. The third kappa shape index (κ3) is 3.44. The highest BCUT2D eigenvalue weighted by atomic mass is 16.2. The van der Waals surface area contributed by atoms with Crippen LogP contribution in [0.4, 0.5) is 5.69 Å². The Morgan fingerprint density at radius 1 is 1.14 bits per heavy atom. The lowest BCUT2D eigenvalue weighted by atomic mass is 10.1. The molecule has 4 rings (SSSR count). The molecule has 4 N–H and O–H groups in total. The van der Waals surface area contributed by atoms with Crippen molar-refractivity contribution in [3.63, 3.8) is 0 Å². The molecule has 3 aromatic rings. The number of hydrogen-bond acceptors (Lipinski definition) is 4. The molecule has 1 aliphatic rings. The van der Waals surface area contributed by atoms with Gasteiger partial charge < -0.3 is 20.9 Å². The number of carbonyl (C=O) groups excluding carboxylic acids is 3. The summed E-state index contributed by atoms with van der Waals surface area (Å²) >= 11 is 0. The van der Waals surface area contributed by atoms with Crippen LogP contribution >= 0.6 is 0 Å². The van der Waals surface area contributed by atoms with Crippen molar-refractivity contribution >= 4 is 34.4 Å². The van der Waals surface area contributed by atoms with Gasteiger partial charge in [0.1, 0.15) is 11.9 Å². The molecule has 2 unspecified atom stereocenters. The molecule has 0 fully saturated rings. The number of anilines is 1. The summed E-state index contributed by atoms with van der Waals surface area (Å²) in [5.41, 5.74) is 2.50. The van der Waals surface area contributed by atoms with E-state index in [2.05, 4.69) is 25.9 Å². The van der Waals surface area contributed by atoms with Crippen LogP contribution in [0.5, 0.6) is 0 Å². The summed E-state index contributed by atoms with van der Waals surface area (Å²) in [6, 6.07) is 13.0. The molecule has 28 heavy (non-hydrogen) atoms. The van der Waals surface area contributed by atoms with E-state index in [1.165, 1.54) is 0 Å². The normalized spacial score (nSPS) is 17.2. The Morgan fingerprint density at radius 3 is 2.71 bits per heavy atom. The molecule has 0 radical (unpaired) electrons. The maximum Gasteiger partial charge on any atom is 0.254 e. The van der Waals surface area contributed by atoms with Gasteiger partial charge in [-0.15, -0.1) is 0 Å². The van der Waals surface area contributed by atoms with Gasteiger partial charge in [0.25, 0.3) is 5.91 Å². The number of amides is 3. The molecule has 2 aromatic carbocycles. The minimum atomic E-state index is -0.956. The maximum atomic E-state index is 12.5. The average Bonchev–Trinajstić information content (AvgIpc) is 3.07. The second kappa shape index (κ2) is 7.15. The monoisotopic (exact) mass is 377 g/mol. The Kier molecular flexibility index (Phi) is 4.52. The van der Waals surface area contributed by atoms with Crippen LogP contribution in [0.25, 0.3) is 11.0 Å². The summed E-state index contributed by atoms with van der Waals surface area (Å²) in [5.74, 6) is -0.558. The number of fused-ring (bicyclic) bond motifs is 2. The van der Waals surface area contributed by atoms with Crippen molar-refractivity contribution in [1.82, 2.24) is 20.6 Å². The minimum absolute atomic E-state index is 0.171. The number of rotatable bonds is 4. The topological polar surface area (TPSA) is 116 Å². The number of aromatic amines is 1. The zero-order valence-corrected chi connectivity index (χ0v) is 15.2. The van der Waals surface area contributed by atoms with Crippen LogP contribution in [0.2, 0.25) is 0 Å². The number of hydrogen-bond donors (Lipinski definition) is 4. The van der Waals surface area contributed by atoms with Gasteiger partial charge in [-0.2, -0.15) is 0 Å². The summed E-state index contributed by atoms with van der Waals surface area (Å²) in [6.45, 7) is 1.80. The SMILES string of the molecule is CC(NC(=O)CC1NC(=O)c2ccccc2NC1=O)c1nc2ccccc2[nH]1. The minimum Gasteiger partial charge on any atom is -0.346 e. The van der Waals surface area contributed by atoms with E-state index in [9.17, 15) is 14.4 Å². The molecule has 0 saturated heterocycles. The van der Waals surface area contributed by atoms with Gasteiger partial charge >= 0.3 is 0 Å². The molecule has 0 spiro atoms. The fourth-order valence-corrected chi connectivity index (χ4v) is 3.19. The maximum absolute atomic E-state index is 12.5. The summed E-state index contributed by atoms with van der Waals surface area (Å²) in [7, 11) is 0. The smallest absolute Gasteiger partial charge is 0.254 e.